The van der Waals surface area contributed by atoms with E-state index in [1.807, 2.05) is 0 Å². The number of carbonyl (C=O) groups is 4. The zero-order valence-electron chi connectivity index (χ0n) is 58.6. The molecule has 0 heterocycles. The summed E-state index contributed by atoms with van der Waals surface area (Å²) in [6, 6.07) is 0. The van der Waals surface area contributed by atoms with Crippen molar-refractivity contribution in [2.24, 2.45) is 17.8 Å². The Kier molecular flexibility index (Phi) is 60.6. The molecule has 0 saturated carbocycles. The molecule has 0 aromatic carbocycles. The lowest BCUT2D eigenvalue weighted by atomic mass is 9.99. The van der Waals surface area contributed by atoms with Gasteiger partial charge >= 0.3 is 39.5 Å². The number of hydrogen-bond acceptors (Lipinski definition) is 15. The molecule has 0 fully saturated rings. The molecule has 0 spiro atoms. The van der Waals surface area contributed by atoms with E-state index in [-0.39, 0.29) is 25.7 Å². The fraction of sp³-hybridized carbons (Fsp3) is 0.944. The van der Waals surface area contributed by atoms with Crippen molar-refractivity contribution < 1.29 is 80.2 Å². The van der Waals surface area contributed by atoms with Crippen LogP contribution >= 0.6 is 15.6 Å². The fourth-order valence-corrected chi connectivity index (χ4v) is 12.2. The van der Waals surface area contributed by atoms with Gasteiger partial charge in [0.2, 0.25) is 0 Å². The van der Waals surface area contributed by atoms with Crippen LogP contribution in [-0.2, 0) is 65.4 Å². The number of rotatable bonds is 69. The highest BCUT2D eigenvalue weighted by Crippen LogP contribution is 2.45. The highest BCUT2D eigenvalue weighted by atomic mass is 31.2. The molecule has 0 aromatic heterocycles. The Morgan fingerprint density at radius 3 is 0.844 bits per heavy atom. The van der Waals surface area contributed by atoms with E-state index >= 15 is 0 Å². The van der Waals surface area contributed by atoms with Crippen LogP contribution in [0, 0.1) is 17.8 Å². The molecule has 0 aliphatic carbocycles. The molecule has 0 saturated heterocycles. The summed E-state index contributed by atoms with van der Waals surface area (Å²) in [6.07, 6.45) is 45.8. The third-order valence-electron chi connectivity index (χ3n) is 17.1. The number of carbonyl (C=O) groups excluding carboxylic acids is 4. The Bertz CT molecular complexity index is 1770. The van der Waals surface area contributed by atoms with Gasteiger partial charge in [0.1, 0.15) is 19.3 Å². The third kappa shape index (κ3) is 62.2. The summed E-state index contributed by atoms with van der Waals surface area (Å²) >= 11 is 0. The summed E-state index contributed by atoms with van der Waals surface area (Å²) < 4.78 is 68.3. The Morgan fingerprint density at radius 1 is 0.322 bits per heavy atom. The summed E-state index contributed by atoms with van der Waals surface area (Å²) in [5, 5.41) is 10.6. The van der Waals surface area contributed by atoms with Crippen LogP contribution in [0.1, 0.15) is 357 Å². The van der Waals surface area contributed by atoms with Gasteiger partial charge in [0.25, 0.3) is 0 Å². The van der Waals surface area contributed by atoms with Gasteiger partial charge in [0, 0.05) is 25.7 Å². The molecule has 7 atom stereocenters. The van der Waals surface area contributed by atoms with Gasteiger partial charge in [-0.05, 0) is 43.4 Å². The number of unbranched alkanes of at least 4 members (excludes halogenated alkanes) is 35. The molecule has 19 heteroatoms. The molecule has 0 rings (SSSR count). The molecule has 0 aromatic rings. The number of phosphoric acid groups is 2. The van der Waals surface area contributed by atoms with Gasteiger partial charge in [-0.15, -0.1) is 0 Å². The first-order valence-electron chi connectivity index (χ1n) is 36.9. The Balaban J connectivity index is 5.23. The van der Waals surface area contributed by atoms with Crippen molar-refractivity contribution >= 4 is 39.5 Å². The van der Waals surface area contributed by atoms with Crippen molar-refractivity contribution in [2.75, 3.05) is 39.6 Å². The largest absolute Gasteiger partial charge is 0.472 e. The van der Waals surface area contributed by atoms with Gasteiger partial charge in [-0.2, -0.15) is 0 Å². The van der Waals surface area contributed by atoms with Crippen molar-refractivity contribution in [3.8, 4) is 0 Å². The SMILES string of the molecule is CCCCCCCCCCCCCC(=O)O[C@H](COC(=O)CCCCCCCCC(C)C)COP(=O)(O)OC[C@H](O)COP(=O)(O)OC[C@@H](COC(=O)CCCCCCCCCCC(C)CC)OC(=O)CCCCCCCCCCCCCCCCC(C)CC. The number of aliphatic hydroxyl groups excluding tert-OH is 1. The average Bonchev–Trinajstić information content (AvgIpc) is 3.55. The maximum atomic E-state index is 13.0. The number of phosphoric ester groups is 2. The van der Waals surface area contributed by atoms with Gasteiger partial charge < -0.3 is 33.8 Å². The fourth-order valence-electron chi connectivity index (χ4n) is 10.7. The van der Waals surface area contributed by atoms with E-state index < -0.39 is 97.5 Å². The zero-order chi connectivity index (χ0) is 66.6. The number of aliphatic hydroxyl groups is 1. The van der Waals surface area contributed by atoms with Crippen LogP contribution in [0.5, 0.6) is 0 Å². The maximum Gasteiger partial charge on any atom is 0.472 e. The first-order chi connectivity index (χ1) is 43.3. The van der Waals surface area contributed by atoms with Crippen LogP contribution < -0.4 is 0 Å². The van der Waals surface area contributed by atoms with Crippen LogP contribution in [-0.4, -0.2) is 96.7 Å². The predicted octanol–water partition coefficient (Wildman–Crippen LogP) is 20.2. The smallest absolute Gasteiger partial charge is 0.462 e. The maximum absolute atomic E-state index is 13.0. The second kappa shape index (κ2) is 61.9. The van der Waals surface area contributed by atoms with Crippen molar-refractivity contribution in [3.05, 3.63) is 0 Å². The minimum Gasteiger partial charge on any atom is -0.462 e. The minimum absolute atomic E-state index is 0.106. The molecular weight excluding hydrogens is 1190 g/mol. The predicted molar refractivity (Wildman–Crippen MR) is 363 cm³/mol. The highest BCUT2D eigenvalue weighted by Gasteiger charge is 2.30. The minimum atomic E-state index is -4.95. The molecule has 0 bridgehead atoms. The van der Waals surface area contributed by atoms with Crippen LogP contribution in [0.15, 0.2) is 0 Å². The molecule has 3 N–H and O–H groups in total. The van der Waals surface area contributed by atoms with E-state index in [0.717, 1.165) is 108 Å². The number of ether oxygens (including phenoxy) is 4. The van der Waals surface area contributed by atoms with Gasteiger partial charge in [-0.3, -0.25) is 37.3 Å². The topological polar surface area (TPSA) is 237 Å². The summed E-state index contributed by atoms with van der Waals surface area (Å²) in [6.45, 7) is 11.8. The van der Waals surface area contributed by atoms with Gasteiger partial charge in [0.05, 0.1) is 26.4 Å². The number of hydrogen-bond donors (Lipinski definition) is 3. The molecule has 4 unspecified atom stereocenters. The second-order valence-electron chi connectivity index (χ2n) is 26.6. The molecule has 0 amide bonds. The van der Waals surface area contributed by atoms with E-state index in [9.17, 15) is 43.2 Å². The molecule has 90 heavy (non-hydrogen) atoms. The first-order valence-corrected chi connectivity index (χ1v) is 39.9. The van der Waals surface area contributed by atoms with Crippen molar-refractivity contribution in [1.29, 1.82) is 0 Å². The third-order valence-corrected chi connectivity index (χ3v) is 19.0. The van der Waals surface area contributed by atoms with E-state index in [1.165, 1.54) is 161 Å². The molecule has 0 aliphatic rings. The molecule has 534 valence electrons. The van der Waals surface area contributed by atoms with Crippen molar-refractivity contribution in [2.45, 2.75) is 375 Å². The summed E-state index contributed by atoms with van der Waals surface area (Å²) in [7, 11) is -9.90. The van der Waals surface area contributed by atoms with E-state index in [0.29, 0.717) is 31.6 Å². The molecule has 0 aliphatic heterocycles. The quantitative estimate of drug-likeness (QED) is 0.0222. The van der Waals surface area contributed by atoms with Crippen LogP contribution in [0.3, 0.4) is 0 Å². The van der Waals surface area contributed by atoms with Crippen LogP contribution in [0.2, 0.25) is 0 Å². The number of esters is 4. The van der Waals surface area contributed by atoms with Gasteiger partial charge in [-0.1, -0.05) is 305 Å². The normalized spacial score (nSPS) is 14.8. The van der Waals surface area contributed by atoms with E-state index in [2.05, 4.69) is 48.5 Å². The van der Waals surface area contributed by atoms with E-state index in [1.54, 1.807) is 0 Å². The summed E-state index contributed by atoms with van der Waals surface area (Å²) in [4.78, 5) is 72.5. The first kappa shape index (κ1) is 88.1. The Labute approximate surface area is 549 Å². The molecule has 0 radical (unpaired) electrons. The Morgan fingerprint density at radius 2 is 0.567 bits per heavy atom. The standard InChI is InChI=1S/C71H138O17P2/c1-8-11-12-13-14-15-20-24-31-40-47-54-70(75)88-67(59-82-69(74)53-46-39-34-33-35-42-49-62(4)5)61-86-90(79,80)84-57-65(72)56-83-89(77,78)85-60-66(58-81-68(73)52-45-38-30-27-26-29-37-44-51-64(7)10-3)87-71(76)55-48-41-32-25-22-19-17-16-18-21-23-28-36-43-50-63(6)9-2/h62-67,72H,8-61H2,1-7H3,(H,77,78)(H,79,80)/t63?,64?,65-,66-,67-/m1/s1. The van der Waals surface area contributed by atoms with Crippen LogP contribution in [0.25, 0.3) is 0 Å². The van der Waals surface area contributed by atoms with Gasteiger partial charge in [-0.25, -0.2) is 9.13 Å². The van der Waals surface area contributed by atoms with Crippen molar-refractivity contribution in [3.63, 3.8) is 0 Å². The lowest BCUT2D eigenvalue weighted by molar-refractivity contribution is -0.161. The lowest BCUT2D eigenvalue weighted by Gasteiger charge is -2.21. The van der Waals surface area contributed by atoms with Gasteiger partial charge in [0.15, 0.2) is 12.2 Å². The summed E-state index contributed by atoms with van der Waals surface area (Å²) in [5.74, 6) is 0.176. The van der Waals surface area contributed by atoms with Crippen molar-refractivity contribution in [1.82, 2.24) is 0 Å². The lowest BCUT2D eigenvalue weighted by Crippen LogP contribution is -2.30. The Hall–Kier alpha value is -1.94. The van der Waals surface area contributed by atoms with E-state index in [4.69, 9.17) is 37.0 Å². The van der Waals surface area contributed by atoms with Crippen LogP contribution in [0.4, 0.5) is 0 Å². The molecular formula is C71H138O17P2. The second-order valence-corrected chi connectivity index (χ2v) is 29.5. The zero-order valence-corrected chi connectivity index (χ0v) is 60.4. The summed E-state index contributed by atoms with van der Waals surface area (Å²) in [5.41, 5.74) is 0. The molecule has 17 nitrogen and oxygen atoms in total. The highest BCUT2D eigenvalue weighted by molar-refractivity contribution is 7.47. The monoisotopic (exact) mass is 1320 g/mol. The average molecular weight is 1330 g/mol.